The van der Waals surface area contributed by atoms with Crippen molar-refractivity contribution >= 4 is 29.9 Å². The molecule has 1 saturated heterocycles. The first-order chi connectivity index (χ1) is 8.33. The van der Waals surface area contributed by atoms with E-state index in [1.54, 1.807) is 0 Å². The molecule has 2 rings (SSSR count). The average Bonchev–Trinajstić information content (AvgIpc) is 2.40. The van der Waals surface area contributed by atoms with Crippen LogP contribution >= 0.6 is 24.0 Å². The fraction of sp³-hybridized carbons (Fsp3) is 0.462. The van der Waals surface area contributed by atoms with Gasteiger partial charge in [0.1, 0.15) is 0 Å². The molecule has 1 fully saturated rings. The lowest BCUT2D eigenvalue weighted by Crippen LogP contribution is -2.47. The van der Waals surface area contributed by atoms with E-state index in [1.807, 2.05) is 25.1 Å². The Morgan fingerprint density at radius 3 is 2.83 bits per heavy atom. The van der Waals surface area contributed by atoms with Crippen LogP contribution in [0.25, 0.3) is 0 Å². The maximum atomic E-state index is 6.01. The normalized spacial score (nSPS) is 20.4. The van der Waals surface area contributed by atoms with Gasteiger partial charge in [-0.25, -0.2) is 0 Å². The number of nitrogens with zero attached hydrogens (tertiary/aromatic N) is 2. The molecule has 1 aliphatic heterocycles. The number of hydrogen-bond acceptors (Lipinski definition) is 2. The highest BCUT2D eigenvalue weighted by Crippen LogP contribution is 2.23. The van der Waals surface area contributed by atoms with Crippen LogP contribution in [0.1, 0.15) is 18.5 Å². The predicted octanol–water partition coefficient (Wildman–Crippen LogP) is 2.01. The van der Waals surface area contributed by atoms with Crippen LogP contribution in [0, 0.1) is 0 Å². The highest BCUT2D eigenvalue weighted by molar-refractivity contribution is 14.0. The minimum Gasteiger partial charge on any atom is -0.377 e. The van der Waals surface area contributed by atoms with Crippen molar-refractivity contribution < 1.29 is 4.74 Å². The van der Waals surface area contributed by atoms with E-state index in [2.05, 4.69) is 22.0 Å². The summed E-state index contributed by atoms with van der Waals surface area (Å²) in [6, 6.07) is 10.5. The summed E-state index contributed by atoms with van der Waals surface area (Å²) in [5.41, 5.74) is 7.23. The Balaban J connectivity index is 0.00000162. The molecule has 1 heterocycles. The molecule has 2 N–H and O–H groups in total. The van der Waals surface area contributed by atoms with E-state index in [1.165, 1.54) is 5.56 Å². The molecule has 5 heteroatoms. The van der Waals surface area contributed by atoms with Gasteiger partial charge in [-0.2, -0.15) is 0 Å². The second kappa shape index (κ2) is 7.58. The number of guanidine groups is 1. The first-order valence-corrected chi connectivity index (χ1v) is 6.02. The molecular weight excluding hydrogens is 341 g/mol. The van der Waals surface area contributed by atoms with Crippen LogP contribution in [0.5, 0.6) is 0 Å². The fourth-order valence-electron chi connectivity index (χ4n) is 2.08. The Bertz CT molecular complexity index is 383. The highest BCUT2D eigenvalue weighted by Gasteiger charge is 2.25. The van der Waals surface area contributed by atoms with Crippen LogP contribution in [-0.2, 0) is 4.74 Å². The number of morpholine rings is 1. The zero-order valence-electron chi connectivity index (χ0n) is 10.6. The summed E-state index contributed by atoms with van der Waals surface area (Å²) in [6.45, 7) is 4.89. The number of ether oxygens (including phenoxy) is 1. The number of benzene rings is 1. The molecule has 1 aliphatic rings. The van der Waals surface area contributed by atoms with Gasteiger partial charge in [0.15, 0.2) is 5.96 Å². The van der Waals surface area contributed by atoms with Crippen LogP contribution in [-0.4, -0.2) is 37.2 Å². The summed E-state index contributed by atoms with van der Waals surface area (Å²) >= 11 is 0. The van der Waals surface area contributed by atoms with Crippen LogP contribution in [0.3, 0.4) is 0 Å². The monoisotopic (exact) mass is 361 g/mol. The van der Waals surface area contributed by atoms with Crippen molar-refractivity contribution in [2.45, 2.75) is 13.0 Å². The third-order valence-electron chi connectivity index (χ3n) is 2.93. The second-order valence-corrected chi connectivity index (χ2v) is 4.03. The summed E-state index contributed by atoms with van der Waals surface area (Å²) < 4.78 is 5.54. The molecule has 100 valence electrons. The van der Waals surface area contributed by atoms with Crippen molar-refractivity contribution in [2.75, 3.05) is 26.3 Å². The quantitative estimate of drug-likeness (QED) is 0.498. The minimum absolute atomic E-state index is 0. The van der Waals surface area contributed by atoms with E-state index < -0.39 is 0 Å². The summed E-state index contributed by atoms with van der Waals surface area (Å²) in [7, 11) is 0. The van der Waals surface area contributed by atoms with Crippen molar-refractivity contribution in [3.8, 4) is 0 Å². The lowest BCUT2D eigenvalue weighted by Gasteiger charge is -2.36. The average molecular weight is 361 g/mol. The predicted molar refractivity (Wildman–Crippen MR) is 84.3 cm³/mol. The zero-order chi connectivity index (χ0) is 12.1. The lowest BCUT2D eigenvalue weighted by molar-refractivity contribution is 0.0251. The molecule has 0 bridgehead atoms. The summed E-state index contributed by atoms with van der Waals surface area (Å²) in [4.78, 5) is 6.42. The van der Waals surface area contributed by atoms with Crippen molar-refractivity contribution in [1.29, 1.82) is 0 Å². The van der Waals surface area contributed by atoms with E-state index in [9.17, 15) is 0 Å². The van der Waals surface area contributed by atoms with Crippen molar-refractivity contribution in [3.05, 3.63) is 35.9 Å². The highest BCUT2D eigenvalue weighted by atomic mass is 127. The number of hydrogen-bond donors (Lipinski definition) is 1. The van der Waals surface area contributed by atoms with E-state index in [0.717, 1.165) is 6.54 Å². The Hall–Kier alpha value is -0.820. The van der Waals surface area contributed by atoms with Crippen LogP contribution in [0.2, 0.25) is 0 Å². The molecule has 1 aromatic carbocycles. The number of nitrogens with two attached hydrogens (primary N) is 1. The number of rotatable bonds is 2. The molecule has 0 saturated carbocycles. The molecule has 4 nitrogen and oxygen atoms in total. The Labute approximate surface area is 125 Å². The van der Waals surface area contributed by atoms with Gasteiger partial charge in [-0.1, -0.05) is 30.3 Å². The molecule has 0 aromatic heterocycles. The molecule has 1 aromatic rings. The Morgan fingerprint density at radius 1 is 1.44 bits per heavy atom. The van der Waals surface area contributed by atoms with Gasteiger partial charge in [-0.15, -0.1) is 24.0 Å². The lowest BCUT2D eigenvalue weighted by atomic mass is 10.1. The molecule has 0 spiro atoms. The van der Waals surface area contributed by atoms with Gasteiger partial charge in [0.2, 0.25) is 0 Å². The summed E-state index contributed by atoms with van der Waals surface area (Å²) in [5.74, 6) is 0.615. The van der Waals surface area contributed by atoms with Gasteiger partial charge in [0.25, 0.3) is 0 Å². The largest absolute Gasteiger partial charge is 0.377 e. The smallest absolute Gasteiger partial charge is 0.191 e. The van der Waals surface area contributed by atoms with Gasteiger partial charge in [-0.3, -0.25) is 4.99 Å². The summed E-state index contributed by atoms with van der Waals surface area (Å²) in [6.07, 6.45) is 0. The van der Waals surface area contributed by atoms with Crippen molar-refractivity contribution in [1.82, 2.24) is 4.90 Å². The van der Waals surface area contributed by atoms with Gasteiger partial charge < -0.3 is 15.4 Å². The Kier molecular flexibility index (Phi) is 6.42. The number of aliphatic imine (C=N–C) groups is 1. The van der Waals surface area contributed by atoms with E-state index in [4.69, 9.17) is 10.5 Å². The standard InChI is InChI=1S/C13H19N3O.HI/c1-2-15-13(14)16-8-9-17-10-12(16)11-6-4-3-5-7-11;/h3-7,12H,2,8-10H2,1H3,(H2,14,15);1H. The van der Waals surface area contributed by atoms with Crippen LogP contribution < -0.4 is 5.73 Å². The van der Waals surface area contributed by atoms with E-state index in [0.29, 0.717) is 25.7 Å². The van der Waals surface area contributed by atoms with Gasteiger partial charge in [0.05, 0.1) is 19.3 Å². The van der Waals surface area contributed by atoms with Crippen molar-refractivity contribution in [2.24, 2.45) is 10.7 Å². The van der Waals surface area contributed by atoms with E-state index >= 15 is 0 Å². The first kappa shape index (κ1) is 15.2. The minimum atomic E-state index is 0. The molecule has 1 atom stereocenters. The molecule has 18 heavy (non-hydrogen) atoms. The van der Waals surface area contributed by atoms with Gasteiger partial charge in [-0.05, 0) is 12.5 Å². The van der Waals surface area contributed by atoms with Gasteiger partial charge in [0, 0.05) is 13.1 Å². The Morgan fingerprint density at radius 2 is 2.17 bits per heavy atom. The molecule has 0 aliphatic carbocycles. The topological polar surface area (TPSA) is 50.8 Å². The van der Waals surface area contributed by atoms with E-state index in [-0.39, 0.29) is 30.0 Å². The molecule has 0 radical (unpaired) electrons. The molecular formula is C13H20IN3O. The van der Waals surface area contributed by atoms with Gasteiger partial charge >= 0.3 is 0 Å². The molecule has 1 unspecified atom stereocenters. The van der Waals surface area contributed by atoms with Crippen LogP contribution in [0.4, 0.5) is 0 Å². The molecule has 0 amide bonds. The third-order valence-corrected chi connectivity index (χ3v) is 2.93. The first-order valence-electron chi connectivity index (χ1n) is 6.02. The zero-order valence-corrected chi connectivity index (χ0v) is 12.9. The maximum Gasteiger partial charge on any atom is 0.191 e. The second-order valence-electron chi connectivity index (χ2n) is 4.03. The van der Waals surface area contributed by atoms with Crippen molar-refractivity contribution in [3.63, 3.8) is 0 Å². The SMILES string of the molecule is CCN=C(N)N1CCOCC1c1ccccc1.I. The van der Waals surface area contributed by atoms with Crippen LogP contribution in [0.15, 0.2) is 35.3 Å². The maximum absolute atomic E-state index is 6.01. The summed E-state index contributed by atoms with van der Waals surface area (Å²) in [5, 5.41) is 0. The number of halogens is 1. The third kappa shape index (κ3) is 3.58. The fourth-order valence-corrected chi connectivity index (χ4v) is 2.08.